The molecule has 1 heterocycles. The summed E-state index contributed by atoms with van der Waals surface area (Å²) >= 11 is 0. The van der Waals surface area contributed by atoms with Crippen LogP contribution in [0.25, 0.3) is 6.08 Å². The average molecular weight is 279 g/mol. The molecular weight excluding hydrogens is 261 g/mol. The quantitative estimate of drug-likeness (QED) is 0.860. The molecule has 0 bridgehead atoms. The molecule has 1 aliphatic rings. The van der Waals surface area contributed by atoms with Crippen LogP contribution in [0.4, 0.5) is 10.1 Å². The van der Waals surface area contributed by atoms with Gasteiger partial charge in [-0.2, -0.15) is 0 Å². The van der Waals surface area contributed by atoms with Crippen molar-refractivity contribution in [3.05, 3.63) is 35.7 Å². The summed E-state index contributed by atoms with van der Waals surface area (Å²) in [6.07, 6.45) is 3.41. The molecule has 4 nitrogen and oxygen atoms in total. The molecule has 1 unspecified atom stereocenters. The monoisotopic (exact) mass is 279 g/mol. The number of carboxylic acids is 1. The molecule has 20 heavy (non-hydrogen) atoms. The Kier molecular flexibility index (Phi) is 4.74. The van der Waals surface area contributed by atoms with E-state index in [0.717, 1.165) is 12.5 Å². The van der Waals surface area contributed by atoms with E-state index in [2.05, 4.69) is 0 Å². The molecule has 1 fully saturated rings. The van der Waals surface area contributed by atoms with Crippen LogP contribution in [0.1, 0.15) is 18.9 Å². The van der Waals surface area contributed by atoms with E-state index in [0.29, 0.717) is 30.9 Å². The van der Waals surface area contributed by atoms with Crippen LogP contribution in [0.2, 0.25) is 0 Å². The second-order valence-corrected chi connectivity index (χ2v) is 4.73. The van der Waals surface area contributed by atoms with E-state index in [4.69, 9.17) is 9.84 Å². The van der Waals surface area contributed by atoms with Crippen LogP contribution in [0.3, 0.4) is 0 Å². The molecular formula is C15H18FNO3. The van der Waals surface area contributed by atoms with Gasteiger partial charge in [-0.25, -0.2) is 9.18 Å². The highest BCUT2D eigenvalue weighted by Crippen LogP contribution is 2.23. The summed E-state index contributed by atoms with van der Waals surface area (Å²) < 4.78 is 19.7. The topological polar surface area (TPSA) is 49.8 Å². The molecule has 5 heteroatoms. The highest BCUT2D eigenvalue weighted by molar-refractivity contribution is 5.85. The van der Waals surface area contributed by atoms with Crippen LogP contribution in [-0.4, -0.2) is 36.9 Å². The Balaban J connectivity index is 2.15. The molecule has 1 aromatic carbocycles. The summed E-state index contributed by atoms with van der Waals surface area (Å²) in [6, 6.07) is 4.76. The third kappa shape index (κ3) is 3.57. The van der Waals surface area contributed by atoms with Crippen LogP contribution < -0.4 is 4.90 Å². The number of benzene rings is 1. The maximum atomic E-state index is 14.1. The van der Waals surface area contributed by atoms with Gasteiger partial charge < -0.3 is 14.7 Å². The summed E-state index contributed by atoms with van der Waals surface area (Å²) in [4.78, 5) is 12.4. The van der Waals surface area contributed by atoms with E-state index in [1.165, 1.54) is 12.1 Å². The third-order valence-electron chi connectivity index (χ3n) is 3.32. The van der Waals surface area contributed by atoms with Crippen LogP contribution in [0.5, 0.6) is 0 Å². The number of hydrogen-bond donors (Lipinski definition) is 1. The van der Waals surface area contributed by atoms with E-state index in [9.17, 15) is 9.18 Å². The molecule has 1 saturated heterocycles. The summed E-state index contributed by atoms with van der Waals surface area (Å²) in [6.45, 7) is 3.98. The second kappa shape index (κ2) is 6.52. The van der Waals surface area contributed by atoms with Gasteiger partial charge in [-0.3, -0.25) is 0 Å². The van der Waals surface area contributed by atoms with E-state index in [1.54, 1.807) is 12.1 Å². The number of carbonyl (C=O) groups is 1. The zero-order valence-electron chi connectivity index (χ0n) is 11.4. The van der Waals surface area contributed by atoms with Crippen molar-refractivity contribution in [2.24, 2.45) is 0 Å². The molecule has 1 N–H and O–H groups in total. The normalized spacial score (nSPS) is 19.5. The largest absolute Gasteiger partial charge is 0.478 e. The van der Waals surface area contributed by atoms with Crippen LogP contribution >= 0.6 is 0 Å². The van der Waals surface area contributed by atoms with Crippen molar-refractivity contribution in [3.63, 3.8) is 0 Å². The first-order chi connectivity index (χ1) is 9.60. The Labute approximate surface area is 117 Å². The number of rotatable bonds is 4. The average Bonchev–Trinajstić information content (AvgIpc) is 2.45. The smallest absolute Gasteiger partial charge is 0.328 e. The molecule has 1 aliphatic heterocycles. The number of halogens is 1. The van der Waals surface area contributed by atoms with Gasteiger partial charge in [-0.1, -0.05) is 13.0 Å². The predicted molar refractivity (Wildman–Crippen MR) is 75.3 cm³/mol. The maximum Gasteiger partial charge on any atom is 0.328 e. The first kappa shape index (κ1) is 14.5. The molecule has 0 spiro atoms. The lowest BCUT2D eigenvalue weighted by atomic mass is 10.1. The fourth-order valence-corrected chi connectivity index (χ4v) is 2.24. The predicted octanol–water partition coefficient (Wildman–Crippen LogP) is 2.54. The molecule has 0 radical (unpaired) electrons. The minimum Gasteiger partial charge on any atom is -0.478 e. The standard InChI is InChI=1S/C15H18FNO3/c1-2-12-10-17(7-8-20-12)14-5-3-11(9-13(14)16)4-6-15(18)19/h3-6,9,12H,2,7-8,10H2,1H3,(H,18,19)/b6-4+. The van der Waals surface area contributed by atoms with Gasteiger partial charge in [-0.15, -0.1) is 0 Å². The van der Waals surface area contributed by atoms with Gasteiger partial charge in [0.2, 0.25) is 0 Å². The number of carboxylic acid groups (broad SMARTS) is 1. The van der Waals surface area contributed by atoms with Crippen molar-refractivity contribution in [1.82, 2.24) is 0 Å². The molecule has 2 rings (SSSR count). The first-order valence-corrected chi connectivity index (χ1v) is 6.67. The van der Waals surface area contributed by atoms with Crippen molar-refractivity contribution in [1.29, 1.82) is 0 Å². The molecule has 0 amide bonds. The number of nitrogens with zero attached hydrogens (tertiary/aromatic N) is 1. The maximum absolute atomic E-state index is 14.1. The summed E-state index contributed by atoms with van der Waals surface area (Å²) in [5.74, 6) is -1.39. The lowest BCUT2D eigenvalue weighted by molar-refractivity contribution is -0.131. The third-order valence-corrected chi connectivity index (χ3v) is 3.32. The highest BCUT2D eigenvalue weighted by Gasteiger charge is 2.21. The number of anilines is 1. The summed E-state index contributed by atoms with van der Waals surface area (Å²) in [7, 11) is 0. The van der Waals surface area contributed by atoms with Gasteiger partial charge in [-0.05, 0) is 30.2 Å². The minimum atomic E-state index is -1.05. The van der Waals surface area contributed by atoms with E-state index in [-0.39, 0.29) is 11.9 Å². The van der Waals surface area contributed by atoms with E-state index in [1.807, 2.05) is 11.8 Å². The molecule has 0 saturated carbocycles. The van der Waals surface area contributed by atoms with Gasteiger partial charge in [0.1, 0.15) is 5.82 Å². The van der Waals surface area contributed by atoms with Gasteiger partial charge in [0.25, 0.3) is 0 Å². The van der Waals surface area contributed by atoms with Crippen molar-refractivity contribution in [2.45, 2.75) is 19.4 Å². The fourth-order valence-electron chi connectivity index (χ4n) is 2.24. The highest BCUT2D eigenvalue weighted by atomic mass is 19.1. The Hall–Kier alpha value is -1.88. The SMILES string of the molecule is CCC1CN(c2ccc(/C=C/C(=O)O)cc2F)CCO1. The molecule has 1 atom stereocenters. The van der Waals surface area contributed by atoms with Gasteiger partial charge >= 0.3 is 5.97 Å². The van der Waals surface area contributed by atoms with Crippen molar-refractivity contribution >= 4 is 17.7 Å². The van der Waals surface area contributed by atoms with Crippen molar-refractivity contribution < 1.29 is 19.0 Å². The van der Waals surface area contributed by atoms with Crippen LogP contribution in [-0.2, 0) is 9.53 Å². The Morgan fingerprint density at radius 2 is 2.40 bits per heavy atom. The molecule has 0 aliphatic carbocycles. The van der Waals surface area contributed by atoms with Crippen molar-refractivity contribution in [2.75, 3.05) is 24.6 Å². The second-order valence-electron chi connectivity index (χ2n) is 4.73. The van der Waals surface area contributed by atoms with Gasteiger partial charge in [0.15, 0.2) is 0 Å². The Morgan fingerprint density at radius 1 is 1.60 bits per heavy atom. The zero-order valence-corrected chi connectivity index (χ0v) is 11.4. The molecule has 108 valence electrons. The zero-order chi connectivity index (χ0) is 14.5. The minimum absolute atomic E-state index is 0.134. The molecule has 0 aromatic heterocycles. The lowest BCUT2D eigenvalue weighted by Crippen LogP contribution is -2.42. The number of ether oxygens (including phenoxy) is 1. The van der Waals surface area contributed by atoms with E-state index >= 15 is 0 Å². The van der Waals surface area contributed by atoms with Crippen LogP contribution in [0.15, 0.2) is 24.3 Å². The Bertz CT molecular complexity index is 516. The molecule has 1 aromatic rings. The van der Waals surface area contributed by atoms with Gasteiger partial charge in [0, 0.05) is 19.2 Å². The van der Waals surface area contributed by atoms with Gasteiger partial charge in [0.05, 0.1) is 18.4 Å². The Morgan fingerprint density at radius 3 is 3.05 bits per heavy atom. The first-order valence-electron chi connectivity index (χ1n) is 6.67. The summed E-state index contributed by atoms with van der Waals surface area (Å²) in [5.41, 5.74) is 1.08. The number of hydrogen-bond acceptors (Lipinski definition) is 3. The number of aliphatic carboxylic acids is 1. The van der Waals surface area contributed by atoms with E-state index < -0.39 is 5.97 Å². The summed E-state index contributed by atoms with van der Waals surface area (Å²) in [5, 5.41) is 8.56. The fraction of sp³-hybridized carbons (Fsp3) is 0.400. The lowest BCUT2D eigenvalue weighted by Gasteiger charge is -2.34. The number of morpholine rings is 1. The van der Waals surface area contributed by atoms with Crippen LogP contribution in [0, 0.1) is 5.82 Å². The van der Waals surface area contributed by atoms with Crippen molar-refractivity contribution in [3.8, 4) is 0 Å².